The molecule has 4 nitrogen and oxygen atoms in total. The van der Waals surface area contributed by atoms with Gasteiger partial charge in [-0.25, -0.2) is 0 Å². The Balaban J connectivity index is 2.39. The lowest BCUT2D eigenvalue weighted by molar-refractivity contribution is 0.394. The SMILES string of the molecule is COc1ccc2ccccc2c1-c1[c]nno1. The quantitative estimate of drug-likeness (QED) is 0.672. The van der Waals surface area contributed by atoms with Crippen molar-refractivity contribution in [1.82, 2.24) is 10.4 Å². The van der Waals surface area contributed by atoms with Crippen LogP contribution in [-0.4, -0.2) is 17.5 Å². The van der Waals surface area contributed by atoms with E-state index in [-0.39, 0.29) is 0 Å². The van der Waals surface area contributed by atoms with Gasteiger partial charge >= 0.3 is 0 Å². The van der Waals surface area contributed by atoms with Crippen LogP contribution in [0, 0.1) is 6.20 Å². The molecule has 3 rings (SSSR count). The molecule has 83 valence electrons. The van der Waals surface area contributed by atoms with Crippen LogP contribution in [0.4, 0.5) is 0 Å². The zero-order chi connectivity index (χ0) is 11.7. The maximum Gasteiger partial charge on any atom is 0.201 e. The van der Waals surface area contributed by atoms with E-state index in [1.54, 1.807) is 7.11 Å². The van der Waals surface area contributed by atoms with Gasteiger partial charge in [-0.3, -0.25) is 0 Å². The minimum Gasteiger partial charge on any atom is -0.496 e. The van der Waals surface area contributed by atoms with E-state index < -0.39 is 0 Å². The second-order valence-corrected chi connectivity index (χ2v) is 3.58. The van der Waals surface area contributed by atoms with Crippen molar-refractivity contribution in [2.45, 2.75) is 0 Å². The first-order valence-corrected chi connectivity index (χ1v) is 5.16. The maximum atomic E-state index is 5.34. The van der Waals surface area contributed by atoms with Crippen LogP contribution in [-0.2, 0) is 0 Å². The predicted octanol–water partition coefficient (Wildman–Crippen LogP) is 2.70. The van der Waals surface area contributed by atoms with Gasteiger partial charge in [-0.05, 0) is 16.8 Å². The van der Waals surface area contributed by atoms with Crippen molar-refractivity contribution in [3.05, 3.63) is 42.6 Å². The molecular weight excluding hydrogens is 216 g/mol. The monoisotopic (exact) mass is 225 g/mol. The summed E-state index contributed by atoms with van der Waals surface area (Å²) in [6, 6.07) is 11.9. The zero-order valence-electron chi connectivity index (χ0n) is 9.18. The van der Waals surface area contributed by atoms with Crippen molar-refractivity contribution in [2.24, 2.45) is 0 Å². The second kappa shape index (κ2) is 3.90. The normalized spacial score (nSPS) is 10.6. The van der Waals surface area contributed by atoms with E-state index in [2.05, 4.69) is 16.6 Å². The number of benzene rings is 2. The largest absolute Gasteiger partial charge is 0.496 e. The first kappa shape index (κ1) is 9.84. The molecule has 17 heavy (non-hydrogen) atoms. The molecule has 0 amide bonds. The van der Waals surface area contributed by atoms with Crippen molar-refractivity contribution in [3.63, 3.8) is 0 Å². The van der Waals surface area contributed by atoms with Gasteiger partial charge in [0.25, 0.3) is 0 Å². The predicted molar refractivity (Wildman–Crippen MR) is 62.6 cm³/mol. The van der Waals surface area contributed by atoms with Gasteiger partial charge in [-0.1, -0.05) is 30.3 Å². The van der Waals surface area contributed by atoms with E-state index in [9.17, 15) is 0 Å². The zero-order valence-corrected chi connectivity index (χ0v) is 9.18. The number of ether oxygens (including phenoxy) is 1. The molecular formula is C13H9N2O2. The topological polar surface area (TPSA) is 48.2 Å². The Hall–Kier alpha value is -2.36. The number of hydrogen-bond acceptors (Lipinski definition) is 4. The van der Waals surface area contributed by atoms with Gasteiger partial charge in [0.2, 0.25) is 5.76 Å². The standard InChI is InChI=1S/C13H9N2O2/c1-16-11-7-6-9-4-2-3-5-10(9)13(11)12-8-14-15-17-12/h2-7H,1H3. The lowest BCUT2D eigenvalue weighted by Gasteiger charge is -2.08. The van der Waals surface area contributed by atoms with Crippen LogP contribution in [0.3, 0.4) is 0 Å². The molecule has 2 aromatic carbocycles. The minimum absolute atomic E-state index is 0.485. The highest BCUT2D eigenvalue weighted by molar-refractivity contribution is 5.98. The highest BCUT2D eigenvalue weighted by Gasteiger charge is 2.14. The Morgan fingerprint density at radius 3 is 2.82 bits per heavy atom. The van der Waals surface area contributed by atoms with Gasteiger partial charge in [0.1, 0.15) is 5.75 Å². The lowest BCUT2D eigenvalue weighted by atomic mass is 10.0. The summed E-state index contributed by atoms with van der Waals surface area (Å²) in [5, 5.41) is 9.16. The Morgan fingerprint density at radius 2 is 2.06 bits per heavy atom. The molecule has 0 spiro atoms. The van der Waals surface area contributed by atoms with E-state index >= 15 is 0 Å². The maximum absolute atomic E-state index is 5.34. The van der Waals surface area contributed by atoms with Crippen LogP contribution in [0.25, 0.3) is 22.1 Å². The number of hydrogen-bond donors (Lipinski definition) is 0. The van der Waals surface area contributed by atoms with Crippen molar-refractivity contribution in [1.29, 1.82) is 0 Å². The number of nitrogens with zero attached hydrogens (tertiary/aromatic N) is 2. The van der Waals surface area contributed by atoms with E-state index in [1.165, 1.54) is 0 Å². The fourth-order valence-corrected chi connectivity index (χ4v) is 1.90. The van der Waals surface area contributed by atoms with E-state index in [1.807, 2.05) is 36.4 Å². The summed E-state index contributed by atoms with van der Waals surface area (Å²) >= 11 is 0. The fraction of sp³-hybridized carbons (Fsp3) is 0.0769. The molecule has 3 aromatic rings. The number of methoxy groups -OCH3 is 1. The Kier molecular flexibility index (Phi) is 2.26. The van der Waals surface area contributed by atoms with Crippen LogP contribution in [0.2, 0.25) is 0 Å². The third kappa shape index (κ3) is 1.54. The number of fused-ring (bicyclic) bond motifs is 1. The molecule has 0 unspecified atom stereocenters. The van der Waals surface area contributed by atoms with Crippen LogP contribution in [0.1, 0.15) is 0 Å². The lowest BCUT2D eigenvalue weighted by Crippen LogP contribution is -1.88. The van der Waals surface area contributed by atoms with Crippen LogP contribution >= 0.6 is 0 Å². The molecule has 4 heteroatoms. The molecule has 1 radical (unpaired) electrons. The van der Waals surface area contributed by atoms with Gasteiger partial charge < -0.3 is 9.26 Å². The first-order valence-electron chi connectivity index (χ1n) is 5.16. The van der Waals surface area contributed by atoms with Crippen LogP contribution in [0.15, 0.2) is 40.9 Å². The van der Waals surface area contributed by atoms with Gasteiger partial charge in [0, 0.05) is 5.27 Å². The van der Waals surface area contributed by atoms with Crippen molar-refractivity contribution in [2.75, 3.05) is 7.11 Å². The number of rotatable bonds is 2. The summed E-state index contributed by atoms with van der Waals surface area (Å²) in [4.78, 5) is 0. The summed E-state index contributed by atoms with van der Waals surface area (Å²) < 4.78 is 10.4. The summed E-state index contributed by atoms with van der Waals surface area (Å²) in [6.45, 7) is 0. The summed E-state index contributed by atoms with van der Waals surface area (Å²) in [5.74, 6) is 1.21. The molecule has 0 aliphatic rings. The third-order valence-corrected chi connectivity index (χ3v) is 2.66. The van der Waals surface area contributed by atoms with Gasteiger partial charge in [-0.2, -0.15) is 0 Å². The molecule has 0 saturated carbocycles. The van der Waals surface area contributed by atoms with Crippen LogP contribution in [0.5, 0.6) is 5.75 Å². The Labute approximate surface area is 97.8 Å². The van der Waals surface area contributed by atoms with Crippen molar-refractivity contribution >= 4 is 10.8 Å². The average Bonchev–Trinajstić information content (AvgIpc) is 2.91. The number of aromatic nitrogens is 2. The third-order valence-electron chi connectivity index (χ3n) is 2.66. The molecule has 0 aliphatic carbocycles. The van der Waals surface area contributed by atoms with Crippen molar-refractivity contribution in [3.8, 4) is 17.1 Å². The second-order valence-electron chi connectivity index (χ2n) is 3.58. The molecule has 1 heterocycles. The fourth-order valence-electron chi connectivity index (χ4n) is 1.90. The summed E-state index contributed by atoms with van der Waals surface area (Å²) in [5.41, 5.74) is 0.829. The first-order chi connectivity index (χ1) is 8.40. The smallest absolute Gasteiger partial charge is 0.201 e. The molecule has 1 aromatic heterocycles. The Bertz CT molecular complexity index is 648. The van der Waals surface area contributed by atoms with Gasteiger partial charge in [0.05, 0.1) is 12.7 Å². The Morgan fingerprint density at radius 1 is 1.18 bits per heavy atom. The van der Waals surface area contributed by atoms with E-state index in [0.29, 0.717) is 5.76 Å². The minimum atomic E-state index is 0.485. The molecule has 0 saturated heterocycles. The molecule has 0 bridgehead atoms. The van der Waals surface area contributed by atoms with E-state index in [0.717, 1.165) is 22.1 Å². The van der Waals surface area contributed by atoms with Crippen molar-refractivity contribution < 1.29 is 9.26 Å². The van der Waals surface area contributed by atoms with Gasteiger partial charge in [-0.15, -0.1) is 5.10 Å². The average molecular weight is 225 g/mol. The molecule has 0 atom stereocenters. The van der Waals surface area contributed by atoms with E-state index in [4.69, 9.17) is 9.26 Å². The highest BCUT2D eigenvalue weighted by Crippen LogP contribution is 2.36. The summed E-state index contributed by atoms with van der Waals surface area (Å²) in [6.07, 6.45) is 2.71. The molecule has 0 fully saturated rings. The summed E-state index contributed by atoms with van der Waals surface area (Å²) in [7, 11) is 1.62. The molecule has 0 aliphatic heterocycles. The highest BCUT2D eigenvalue weighted by atomic mass is 16.5. The molecule has 0 N–H and O–H groups in total. The van der Waals surface area contributed by atoms with Crippen LogP contribution < -0.4 is 4.74 Å². The van der Waals surface area contributed by atoms with Gasteiger partial charge in [0.15, 0.2) is 6.20 Å².